The molecule has 0 amide bonds. The van der Waals surface area contributed by atoms with Gasteiger partial charge >= 0.3 is 35.7 Å². The summed E-state index contributed by atoms with van der Waals surface area (Å²) in [7, 11) is 0. The molecule has 14 heavy (non-hydrogen) atoms. The van der Waals surface area contributed by atoms with Crippen LogP contribution in [0.25, 0.3) is 0 Å². The molecule has 4 nitrogen and oxygen atoms in total. The maximum Gasteiger partial charge on any atom is 1.00 e. The molecule has 0 aliphatic heterocycles. The molecular formula is C5H4F3N2NaO2S. The molecule has 0 bridgehead atoms. The summed E-state index contributed by atoms with van der Waals surface area (Å²) in [5.41, 5.74) is 0. The van der Waals surface area contributed by atoms with Crippen molar-refractivity contribution < 1.29 is 51.5 Å². The van der Waals surface area contributed by atoms with Crippen LogP contribution in [0.3, 0.4) is 0 Å². The molecule has 74 valence electrons. The summed E-state index contributed by atoms with van der Waals surface area (Å²) < 4.78 is 56.2. The van der Waals surface area contributed by atoms with Crippen LogP contribution in [-0.2, 0) is 17.6 Å². The molecule has 0 N–H and O–H groups in total. The van der Waals surface area contributed by atoms with Gasteiger partial charge in [-0.15, -0.1) is 0 Å². The van der Waals surface area contributed by atoms with Crippen molar-refractivity contribution in [2.45, 2.75) is 17.6 Å². The fraction of sp³-hybridized carbons (Fsp3) is 0.400. The maximum atomic E-state index is 11.7. The predicted molar refractivity (Wildman–Crippen MR) is 35.5 cm³/mol. The van der Waals surface area contributed by atoms with E-state index in [4.69, 9.17) is 0 Å². The topological polar surface area (TPSA) is 57.9 Å². The molecule has 0 aromatic carbocycles. The standard InChI is InChI=1S/C5H5F3N2O2S.Na/c6-5(7,8)3-10-2-4(1-9-10)13(11)12;/h1-2H,3H2,(H,11,12);/q;+1/p-1. The first-order valence-electron chi connectivity index (χ1n) is 3.07. The largest absolute Gasteiger partial charge is 1.00 e. The van der Waals surface area contributed by atoms with Crippen LogP contribution in [0.15, 0.2) is 17.3 Å². The monoisotopic (exact) mass is 236 g/mol. The second-order valence-electron chi connectivity index (χ2n) is 2.22. The zero-order chi connectivity index (χ0) is 10.1. The zero-order valence-electron chi connectivity index (χ0n) is 7.11. The van der Waals surface area contributed by atoms with Crippen LogP contribution in [0.1, 0.15) is 0 Å². The van der Waals surface area contributed by atoms with E-state index < -0.39 is 23.8 Å². The molecule has 0 radical (unpaired) electrons. The van der Waals surface area contributed by atoms with Gasteiger partial charge < -0.3 is 4.55 Å². The average molecular weight is 236 g/mol. The van der Waals surface area contributed by atoms with Gasteiger partial charge in [0.05, 0.1) is 11.1 Å². The Hall–Kier alpha value is 0.110. The van der Waals surface area contributed by atoms with Crippen molar-refractivity contribution in [3.63, 3.8) is 0 Å². The van der Waals surface area contributed by atoms with E-state index >= 15 is 0 Å². The molecule has 0 aliphatic rings. The molecule has 0 saturated carbocycles. The number of hydrogen-bond acceptors (Lipinski definition) is 3. The Morgan fingerprint density at radius 1 is 1.57 bits per heavy atom. The van der Waals surface area contributed by atoms with Crippen LogP contribution in [0.5, 0.6) is 0 Å². The van der Waals surface area contributed by atoms with E-state index in [0.717, 1.165) is 12.4 Å². The molecule has 9 heteroatoms. The molecule has 0 fully saturated rings. The third-order valence-electron chi connectivity index (χ3n) is 1.14. The van der Waals surface area contributed by atoms with Gasteiger partial charge in [0.15, 0.2) is 0 Å². The molecule has 0 aliphatic carbocycles. The number of alkyl halides is 3. The first-order chi connectivity index (χ1) is 5.88. The summed E-state index contributed by atoms with van der Waals surface area (Å²) >= 11 is -2.54. The number of rotatable bonds is 2. The first-order valence-corrected chi connectivity index (χ1v) is 4.14. The maximum absolute atomic E-state index is 11.7. The van der Waals surface area contributed by atoms with Gasteiger partial charge in [0.1, 0.15) is 6.54 Å². The van der Waals surface area contributed by atoms with E-state index in [0.29, 0.717) is 4.68 Å². The Labute approximate surface area is 102 Å². The predicted octanol–water partition coefficient (Wildman–Crippen LogP) is -2.31. The van der Waals surface area contributed by atoms with Crippen molar-refractivity contribution in [2.75, 3.05) is 0 Å². The van der Waals surface area contributed by atoms with Gasteiger partial charge in [-0.3, -0.25) is 8.89 Å². The Bertz CT molecular complexity index is 327. The Balaban J connectivity index is 0.00000169. The second kappa shape index (κ2) is 5.26. The Morgan fingerprint density at radius 2 is 2.14 bits per heavy atom. The molecule has 1 rings (SSSR count). The Morgan fingerprint density at radius 3 is 2.50 bits per heavy atom. The summed E-state index contributed by atoms with van der Waals surface area (Å²) in [6.07, 6.45) is -2.72. The summed E-state index contributed by atoms with van der Waals surface area (Å²) in [5.74, 6) is 0. The van der Waals surface area contributed by atoms with Crippen molar-refractivity contribution >= 4 is 11.1 Å². The molecule has 1 unspecified atom stereocenters. The molecule has 1 aromatic rings. The molecule has 1 heterocycles. The van der Waals surface area contributed by atoms with Crippen LogP contribution in [0.2, 0.25) is 0 Å². The van der Waals surface area contributed by atoms with Crippen molar-refractivity contribution in [2.24, 2.45) is 0 Å². The molecule has 0 saturated heterocycles. The van der Waals surface area contributed by atoms with E-state index in [9.17, 15) is 21.9 Å². The minimum absolute atomic E-state index is 0. The van der Waals surface area contributed by atoms with Crippen molar-refractivity contribution in [3.8, 4) is 0 Å². The minimum Gasteiger partial charge on any atom is -0.768 e. The van der Waals surface area contributed by atoms with Crippen LogP contribution in [0.4, 0.5) is 13.2 Å². The van der Waals surface area contributed by atoms with Crippen molar-refractivity contribution in [3.05, 3.63) is 12.4 Å². The van der Waals surface area contributed by atoms with Gasteiger partial charge in [0.25, 0.3) is 0 Å². The first kappa shape index (κ1) is 14.1. The SMILES string of the molecule is O=S([O-])c1cnn(CC(F)(F)F)c1.[Na+]. The van der Waals surface area contributed by atoms with Gasteiger partial charge in [0, 0.05) is 6.20 Å². The fourth-order valence-corrected chi connectivity index (χ4v) is 1.04. The van der Waals surface area contributed by atoms with Crippen LogP contribution < -0.4 is 29.6 Å². The van der Waals surface area contributed by atoms with Gasteiger partial charge in [-0.2, -0.15) is 18.3 Å². The van der Waals surface area contributed by atoms with E-state index in [2.05, 4.69) is 5.10 Å². The third-order valence-corrected chi connectivity index (χ3v) is 1.74. The van der Waals surface area contributed by atoms with Gasteiger partial charge in [-0.05, 0) is 11.1 Å². The van der Waals surface area contributed by atoms with Crippen molar-refractivity contribution in [1.82, 2.24) is 9.78 Å². The van der Waals surface area contributed by atoms with Gasteiger partial charge in [-0.1, -0.05) is 0 Å². The second-order valence-corrected chi connectivity index (χ2v) is 3.16. The fourth-order valence-electron chi connectivity index (χ4n) is 0.701. The molecule has 1 atom stereocenters. The van der Waals surface area contributed by atoms with Crippen LogP contribution >= 0.6 is 0 Å². The number of hydrogen-bond donors (Lipinski definition) is 0. The van der Waals surface area contributed by atoms with E-state index in [1.54, 1.807) is 0 Å². The number of halogens is 3. The van der Waals surface area contributed by atoms with Gasteiger partial charge in [-0.25, -0.2) is 0 Å². The number of aromatic nitrogens is 2. The van der Waals surface area contributed by atoms with E-state index in [-0.39, 0.29) is 34.5 Å². The molecule has 1 aromatic heterocycles. The summed E-state index contributed by atoms with van der Waals surface area (Å²) in [5, 5.41) is 3.23. The molecule has 0 spiro atoms. The zero-order valence-corrected chi connectivity index (χ0v) is 9.93. The normalized spacial score (nSPS) is 13.4. The summed E-state index contributed by atoms with van der Waals surface area (Å²) in [4.78, 5) is -0.260. The van der Waals surface area contributed by atoms with Crippen LogP contribution in [0, 0.1) is 0 Å². The van der Waals surface area contributed by atoms with Crippen molar-refractivity contribution in [1.29, 1.82) is 0 Å². The number of nitrogens with zero attached hydrogens (tertiary/aromatic N) is 2. The van der Waals surface area contributed by atoms with Crippen LogP contribution in [-0.4, -0.2) is 24.7 Å². The third kappa shape index (κ3) is 4.56. The quantitative estimate of drug-likeness (QED) is 0.428. The van der Waals surface area contributed by atoms with E-state index in [1.165, 1.54) is 0 Å². The minimum atomic E-state index is -4.40. The molecular weight excluding hydrogens is 232 g/mol. The van der Waals surface area contributed by atoms with Gasteiger partial charge in [0.2, 0.25) is 0 Å². The summed E-state index contributed by atoms with van der Waals surface area (Å²) in [6, 6.07) is 0. The van der Waals surface area contributed by atoms with E-state index in [1.807, 2.05) is 0 Å². The average Bonchev–Trinajstić information content (AvgIpc) is 2.31. The Kier molecular flexibility index (Phi) is 5.31. The summed E-state index contributed by atoms with van der Waals surface area (Å²) in [6.45, 7) is -1.29. The smallest absolute Gasteiger partial charge is 0.768 e.